The summed E-state index contributed by atoms with van der Waals surface area (Å²) in [5, 5.41) is 2.94. The minimum Gasteiger partial charge on any atom is -0.382 e. The molecule has 0 aliphatic carbocycles. The van der Waals surface area contributed by atoms with Gasteiger partial charge < -0.3 is 19.7 Å². The number of methoxy groups -OCH3 is 1. The molecule has 0 aromatic heterocycles. The van der Waals surface area contributed by atoms with Crippen LogP contribution < -0.4 is 5.32 Å². The fourth-order valence-corrected chi connectivity index (χ4v) is 2.26. The Bertz CT molecular complexity index is 448. The zero-order valence-corrected chi connectivity index (χ0v) is 12.1. The average molecular weight is 278 g/mol. The van der Waals surface area contributed by atoms with Crippen molar-refractivity contribution in [3.8, 4) is 0 Å². The number of rotatable bonds is 4. The van der Waals surface area contributed by atoms with E-state index in [1.165, 1.54) is 5.56 Å². The van der Waals surface area contributed by atoms with Crippen LogP contribution in [0.1, 0.15) is 12.5 Å². The number of ether oxygens (including phenoxy) is 2. The maximum Gasteiger partial charge on any atom is 0.322 e. The Morgan fingerprint density at radius 1 is 1.55 bits per heavy atom. The van der Waals surface area contributed by atoms with Crippen LogP contribution in [0, 0.1) is 0 Å². The van der Waals surface area contributed by atoms with Gasteiger partial charge in [-0.3, -0.25) is 0 Å². The number of hydrogen-bond donors (Lipinski definition) is 1. The Kier molecular flexibility index (Phi) is 5.38. The highest BCUT2D eigenvalue weighted by atomic mass is 16.5. The Hall–Kier alpha value is -1.59. The third-order valence-electron chi connectivity index (χ3n) is 3.37. The first kappa shape index (κ1) is 14.8. The van der Waals surface area contributed by atoms with Gasteiger partial charge in [0, 0.05) is 19.3 Å². The molecule has 2 rings (SSSR count). The van der Waals surface area contributed by atoms with Gasteiger partial charge in [-0.2, -0.15) is 0 Å². The van der Waals surface area contributed by atoms with Crippen LogP contribution in [0.5, 0.6) is 0 Å². The number of morpholine rings is 1. The topological polar surface area (TPSA) is 50.8 Å². The standard InChI is InChI=1S/C15H22N2O3/c1-3-12-5-4-6-13(9-12)16-15(18)17-7-8-20-14(10-17)11-19-2/h4-6,9,14H,3,7-8,10-11H2,1-2H3,(H,16,18)/t14-/m0/s1. The summed E-state index contributed by atoms with van der Waals surface area (Å²) in [6.45, 7) is 4.33. The molecular formula is C15H22N2O3. The smallest absolute Gasteiger partial charge is 0.322 e. The van der Waals surface area contributed by atoms with Crippen molar-refractivity contribution < 1.29 is 14.3 Å². The van der Waals surface area contributed by atoms with Gasteiger partial charge in [0.1, 0.15) is 0 Å². The number of urea groups is 1. The van der Waals surface area contributed by atoms with Crippen LogP contribution in [0.15, 0.2) is 24.3 Å². The van der Waals surface area contributed by atoms with Gasteiger partial charge in [0.25, 0.3) is 0 Å². The highest BCUT2D eigenvalue weighted by Gasteiger charge is 2.24. The van der Waals surface area contributed by atoms with Crippen LogP contribution in [0.3, 0.4) is 0 Å². The minimum absolute atomic E-state index is 0.0403. The first-order chi connectivity index (χ1) is 9.72. The molecule has 0 bridgehead atoms. The fraction of sp³-hybridized carbons (Fsp3) is 0.533. The molecular weight excluding hydrogens is 256 g/mol. The zero-order valence-electron chi connectivity index (χ0n) is 12.1. The van der Waals surface area contributed by atoms with Crippen molar-refractivity contribution >= 4 is 11.7 Å². The lowest BCUT2D eigenvalue weighted by molar-refractivity contribution is -0.0481. The Balaban J connectivity index is 1.93. The van der Waals surface area contributed by atoms with Gasteiger partial charge in [-0.15, -0.1) is 0 Å². The van der Waals surface area contributed by atoms with Gasteiger partial charge in [-0.05, 0) is 24.1 Å². The van der Waals surface area contributed by atoms with Gasteiger partial charge in [0.15, 0.2) is 0 Å². The van der Waals surface area contributed by atoms with Crippen molar-refractivity contribution in [2.24, 2.45) is 0 Å². The van der Waals surface area contributed by atoms with Crippen molar-refractivity contribution in [1.29, 1.82) is 0 Å². The normalized spacial score (nSPS) is 18.9. The number of carbonyl (C=O) groups excluding carboxylic acids is 1. The Morgan fingerprint density at radius 2 is 2.40 bits per heavy atom. The predicted molar refractivity (Wildman–Crippen MR) is 78.0 cm³/mol. The number of nitrogens with zero attached hydrogens (tertiary/aromatic N) is 1. The zero-order chi connectivity index (χ0) is 14.4. The summed E-state index contributed by atoms with van der Waals surface area (Å²) in [5.41, 5.74) is 2.05. The molecule has 2 amide bonds. The van der Waals surface area contributed by atoms with Gasteiger partial charge in [0.05, 0.1) is 25.9 Å². The minimum atomic E-state index is -0.0809. The van der Waals surface area contributed by atoms with Gasteiger partial charge in [-0.25, -0.2) is 4.79 Å². The van der Waals surface area contributed by atoms with E-state index in [0.29, 0.717) is 26.3 Å². The molecule has 0 spiro atoms. The van der Waals surface area contributed by atoms with Gasteiger partial charge >= 0.3 is 6.03 Å². The molecule has 1 N–H and O–H groups in total. The second-order valence-electron chi connectivity index (χ2n) is 4.88. The second kappa shape index (κ2) is 7.26. The predicted octanol–water partition coefficient (Wildman–Crippen LogP) is 2.13. The number of carbonyl (C=O) groups is 1. The Labute approximate surface area is 119 Å². The number of nitrogens with one attached hydrogen (secondary N) is 1. The Morgan fingerprint density at radius 3 is 3.15 bits per heavy atom. The largest absolute Gasteiger partial charge is 0.382 e. The van der Waals surface area contributed by atoms with E-state index >= 15 is 0 Å². The van der Waals surface area contributed by atoms with Crippen molar-refractivity contribution in [2.75, 3.05) is 38.7 Å². The maximum atomic E-state index is 12.2. The summed E-state index contributed by atoms with van der Waals surface area (Å²) >= 11 is 0. The lowest BCUT2D eigenvalue weighted by Gasteiger charge is -2.32. The van der Waals surface area contributed by atoms with E-state index in [4.69, 9.17) is 9.47 Å². The molecule has 0 saturated carbocycles. The van der Waals surface area contributed by atoms with Crippen LogP contribution in [-0.2, 0) is 15.9 Å². The summed E-state index contributed by atoms with van der Waals surface area (Å²) < 4.78 is 10.6. The van der Waals surface area contributed by atoms with Gasteiger partial charge in [0.2, 0.25) is 0 Å². The van der Waals surface area contributed by atoms with E-state index in [0.717, 1.165) is 12.1 Å². The molecule has 110 valence electrons. The molecule has 0 radical (unpaired) electrons. The molecule has 1 atom stereocenters. The van der Waals surface area contributed by atoms with E-state index in [9.17, 15) is 4.79 Å². The molecule has 0 unspecified atom stereocenters. The molecule has 1 aromatic carbocycles. The number of amides is 2. The van der Waals surface area contributed by atoms with Crippen LogP contribution in [-0.4, -0.2) is 50.4 Å². The van der Waals surface area contributed by atoms with E-state index in [1.54, 1.807) is 12.0 Å². The number of benzene rings is 1. The highest BCUT2D eigenvalue weighted by Crippen LogP contribution is 2.13. The van der Waals surface area contributed by atoms with E-state index in [-0.39, 0.29) is 12.1 Å². The first-order valence-corrected chi connectivity index (χ1v) is 6.98. The molecule has 5 heteroatoms. The summed E-state index contributed by atoms with van der Waals surface area (Å²) in [5.74, 6) is 0. The fourth-order valence-electron chi connectivity index (χ4n) is 2.26. The molecule has 1 heterocycles. The summed E-state index contributed by atoms with van der Waals surface area (Å²) in [4.78, 5) is 14.0. The molecule has 1 saturated heterocycles. The van der Waals surface area contributed by atoms with E-state index in [1.807, 2.05) is 18.2 Å². The molecule has 1 aromatic rings. The van der Waals surface area contributed by atoms with Crippen LogP contribution >= 0.6 is 0 Å². The van der Waals surface area contributed by atoms with Crippen molar-refractivity contribution in [1.82, 2.24) is 4.90 Å². The van der Waals surface area contributed by atoms with Gasteiger partial charge in [-0.1, -0.05) is 19.1 Å². The number of hydrogen-bond acceptors (Lipinski definition) is 3. The first-order valence-electron chi connectivity index (χ1n) is 6.98. The molecule has 20 heavy (non-hydrogen) atoms. The lowest BCUT2D eigenvalue weighted by atomic mass is 10.1. The van der Waals surface area contributed by atoms with Crippen LogP contribution in [0.2, 0.25) is 0 Å². The van der Waals surface area contributed by atoms with E-state index < -0.39 is 0 Å². The quantitative estimate of drug-likeness (QED) is 0.918. The van der Waals surface area contributed by atoms with Crippen molar-refractivity contribution in [2.45, 2.75) is 19.4 Å². The summed E-state index contributed by atoms with van der Waals surface area (Å²) in [7, 11) is 1.64. The average Bonchev–Trinajstić information content (AvgIpc) is 2.48. The summed E-state index contributed by atoms with van der Waals surface area (Å²) in [6, 6.07) is 7.85. The molecule has 1 aliphatic heterocycles. The van der Waals surface area contributed by atoms with E-state index in [2.05, 4.69) is 18.3 Å². The SMILES string of the molecule is CCc1cccc(NC(=O)N2CCO[C@H](COC)C2)c1. The van der Waals surface area contributed by atoms with Crippen molar-refractivity contribution in [3.63, 3.8) is 0 Å². The maximum absolute atomic E-state index is 12.2. The van der Waals surface area contributed by atoms with Crippen molar-refractivity contribution in [3.05, 3.63) is 29.8 Å². The van der Waals surface area contributed by atoms with Crippen LogP contribution in [0.25, 0.3) is 0 Å². The highest BCUT2D eigenvalue weighted by molar-refractivity contribution is 5.89. The number of anilines is 1. The monoisotopic (exact) mass is 278 g/mol. The third-order valence-corrected chi connectivity index (χ3v) is 3.37. The number of aryl methyl sites for hydroxylation is 1. The van der Waals surface area contributed by atoms with Crippen LogP contribution in [0.4, 0.5) is 10.5 Å². The second-order valence-corrected chi connectivity index (χ2v) is 4.88. The molecule has 5 nitrogen and oxygen atoms in total. The molecule has 1 aliphatic rings. The third kappa shape index (κ3) is 3.95. The molecule has 1 fully saturated rings. The lowest BCUT2D eigenvalue weighted by Crippen LogP contribution is -2.48. The summed E-state index contributed by atoms with van der Waals surface area (Å²) in [6.07, 6.45) is 0.915.